The first kappa shape index (κ1) is 18.8. The van der Waals surface area contributed by atoms with E-state index < -0.39 is 0 Å². The van der Waals surface area contributed by atoms with Crippen LogP contribution in [0, 0.1) is 0 Å². The molecule has 0 saturated heterocycles. The zero-order chi connectivity index (χ0) is 19.4. The minimum Gasteiger partial charge on any atom is -0.496 e. The summed E-state index contributed by atoms with van der Waals surface area (Å²) < 4.78 is 5.68. The normalized spacial score (nSPS) is 10.7. The molecule has 0 bridgehead atoms. The number of hydrogen-bond acceptors (Lipinski definition) is 3. The van der Waals surface area contributed by atoms with Gasteiger partial charge in [0.05, 0.1) is 7.11 Å². The second-order valence-corrected chi connectivity index (χ2v) is 7.15. The van der Waals surface area contributed by atoms with Crippen molar-refractivity contribution in [1.82, 2.24) is 0 Å². The summed E-state index contributed by atoms with van der Waals surface area (Å²) in [5.41, 5.74) is 6.07. The lowest BCUT2D eigenvalue weighted by atomic mass is 9.84. The summed E-state index contributed by atoms with van der Waals surface area (Å²) in [6.45, 7) is 0. The van der Waals surface area contributed by atoms with Crippen molar-refractivity contribution in [3.05, 3.63) is 89.5 Å². The number of anilines is 2. The number of benzene rings is 3. The van der Waals surface area contributed by atoms with Crippen molar-refractivity contribution in [3.8, 4) is 5.75 Å². The molecule has 0 atom stereocenters. The van der Waals surface area contributed by atoms with Crippen LogP contribution in [0.1, 0.15) is 22.6 Å². The molecule has 0 unspecified atom stereocenters. The lowest BCUT2D eigenvalue weighted by Gasteiger charge is -2.23. The van der Waals surface area contributed by atoms with Gasteiger partial charge in [-0.1, -0.05) is 42.5 Å². The SMILES string of the molecule is COc1ccccc1C(c1ccc(N(C)C)cc1)c1ccc(N(C)C)cc1. The van der Waals surface area contributed by atoms with Crippen molar-refractivity contribution in [2.24, 2.45) is 0 Å². The molecule has 0 N–H and O–H groups in total. The van der Waals surface area contributed by atoms with Crippen molar-refractivity contribution >= 4 is 11.4 Å². The molecule has 3 rings (SSSR count). The third-order valence-corrected chi connectivity index (χ3v) is 4.94. The minimum absolute atomic E-state index is 0.119. The largest absolute Gasteiger partial charge is 0.496 e. The minimum atomic E-state index is 0.119. The van der Waals surface area contributed by atoms with Crippen molar-refractivity contribution < 1.29 is 4.74 Å². The lowest BCUT2D eigenvalue weighted by molar-refractivity contribution is 0.409. The molecule has 0 radical (unpaired) electrons. The van der Waals surface area contributed by atoms with Crippen molar-refractivity contribution in [2.45, 2.75) is 5.92 Å². The summed E-state index contributed by atoms with van der Waals surface area (Å²) >= 11 is 0. The highest BCUT2D eigenvalue weighted by molar-refractivity contribution is 5.55. The Kier molecular flexibility index (Phi) is 5.70. The summed E-state index contributed by atoms with van der Waals surface area (Å²) in [5.74, 6) is 1.03. The van der Waals surface area contributed by atoms with E-state index in [4.69, 9.17) is 4.74 Å². The highest BCUT2D eigenvalue weighted by atomic mass is 16.5. The first-order valence-corrected chi connectivity index (χ1v) is 9.18. The Morgan fingerprint density at radius 1 is 0.630 bits per heavy atom. The molecule has 0 aliphatic heterocycles. The third kappa shape index (κ3) is 4.08. The average Bonchev–Trinajstić information content (AvgIpc) is 2.69. The predicted octanol–water partition coefficient (Wildman–Crippen LogP) is 5.01. The van der Waals surface area contributed by atoms with Crippen LogP contribution >= 0.6 is 0 Å². The number of ether oxygens (including phenoxy) is 1. The van der Waals surface area contributed by atoms with Crippen LogP contribution in [0.3, 0.4) is 0 Å². The lowest BCUT2D eigenvalue weighted by Crippen LogP contribution is -2.10. The molecule has 0 aliphatic carbocycles. The number of rotatable bonds is 6. The van der Waals surface area contributed by atoms with Gasteiger partial charge < -0.3 is 14.5 Å². The predicted molar refractivity (Wildman–Crippen MR) is 115 cm³/mol. The molecular weight excluding hydrogens is 332 g/mol. The summed E-state index contributed by atoms with van der Waals surface area (Å²) in [4.78, 5) is 4.24. The maximum atomic E-state index is 5.68. The first-order valence-electron chi connectivity index (χ1n) is 9.18. The molecule has 3 heteroatoms. The van der Waals surface area contributed by atoms with Crippen LogP contribution in [-0.2, 0) is 0 Å². The van der Waals surface area contributed by atoms with E-state index in [2.05, 4.69) is 98.7 Å². The first-order chi connectivity index (χ1) is 13.0. The second kappa shape index (κ2) is 8.17. The third-order valence-electron chi connectivity index (χ3n) is 4.94. The van der Waals surface area contributed by atoms with E-state index >= 15 is 0 Å². The van der Waals surface area contributed by atoms with Gasteiger partial charge in [-0.15, -0.1) is 0 Å². The highest BCUT2D eigenvalue weighted by Gasteiger charge is 2.20. The number of hydrogen-bond donors (Lipinski definition) is 0. The van der Waals surface area contributed by atoms with E-state index in [1.807, 2.05) is 12.1 Å². The second-order valence-electron chi connectivity index (χ2n) is 7.15. The fraction of sp³-hybridized carbons (Fsp3) is 0.250. The van der Waals surface area contributed by atoms with E-state index in [-0.39, 0.29) is 5.92 Å². The summed E-state index contributed by atoms with van der Waals surface area (Å²) in [6.07, 6.45) is 0. The average molecular weight is 361 g/mol. The van der Waals surface area contributed by atoms with E-state index in [9.17, 15) is 0 Å². The van der Waals surface area contributed by atoms with Gasteiger partial charge in [-0.3, -0.25) is 0 Å². The van der Waals surface area contributed by atoms with Crippen molar-refractivity contribution in [2.75, 3.05) is 45.1 Å². The van der Waals surface area contributed by atoms with Gasteiger partial charge >= 0.3 is 0 Å². The zero-order valence-corrected chi connectivity index (χ0v) is 16.8. The van der Waals surface area contributed by atoms with Gasteiger partial charge in [0.2, 0.25) is 0 Å². The molecule has 0 fully saturated rings. The molecule has 3 aromatic rings. The van der Waals surface area contributed by atoms with Crippen LogP contribution in [0.15, 0.2) is 72.8 Å². The molecule has 0 spiro atoms. The Morgan fingerprint density at radius 2 is 1.07 bits per heavy atom. The Morgan fingerprint density at radius 3 is 1.48 bits per heavy atom. The molecule has 0 aromatic heterocycles. The van der Waals surface area contributed by atoms with Gasteiger partial charge in [0.1, 0.15) is 5.75 Å². The van der Waals surface area contributed by atoms with Gasteiger partial charge in [0, 0.05) is 51.0 Å². The molecule has 0 amide bonds. The highest BCUT2D eigenvalue weighted by Crippen LogP contribution is 2.38. The van der Waals surface area contributed by atoms with Gasteiger partial charge in [-0.2, -0.15) is 0 Å². The number of para-hydroxylation sites is 1. The van der Waals surface area contributed by atoms with E-state index in [0.29, 0.717) is 0 Å². The van der Waals surface area contributed by atoms with Crippen LogP contribution in [0.5, 0.6) is 5.75 Å². The zero-order valence-electron chi connectivity index (χ0n) is 16.8. The molecule has 0 saturated carbocycles. The monoisotopic (exact) mass is 360 g/mol. The van der Waals surface area contributed by atoms with Crippen molar-refractivity contribution in [1.29, 1.82) is 0 Å². The quantitative estimate of drug-likeness (QED) is 0.575. The van der Waals surface area contributed by atoms with Crippen LogP contribution in [0.25, 0.3) is 0 Å². The topological polar surface area (TPSA) is 15.7 Å². The van der Waals surface area contributed by atoms with Crippen LogP contribution in [0.4, 0.5) is 11.4 Å². The Balaban J connectivity index is 2.11. The van der Waals surface area contributed by atoms with Gasteiger partial charge in [-0.25, -0.2) is 0 Å². The van der Waals surface area contributed by atoms with E-state index in [0.717, 1.165) is 5.75 Å². The molecule has 0 heterocycles. The van der Waals surface area contributed by atoms with Crippen LogP contribution in [0.2, 0.25) is 0 Å². The Bertz CT molecular complexity index is 816. The molecule has 3 aromatic carbocycles. The smallest absolute Gasteiger partial charge is 0.123 e. The molecule has 0 aliphatic rings. The van der Waals surface area contributed by atoms with E-state index in [1.165, 1.54) is 28.1 Å². The van der Waals surface area contributed by atoms with Gasteiger partial charge in [-0.05, 0) is 41.5 Å². The Hall–Kier alpha value is -2.94. The summed E-state index contributed by atoms with van der Waals surface area (Å²) in [7, 11) is 9.99. The molecule has 140 valence electrons. The molecule has 3 nitrogen and oxygen atoms in total. The molecular formula is C24H28N2O. The maximum absolute atomic E-state index is 5.68. The van der Waals surface area contributed by atoms with Crippen LogP contribution in [-0.4, -0.2) is 35.3 Å². The maximum Gasteiger partial charge on any atom is 0.123 e. The van der Waals surface area contributed by atoms with E-state index in [1.54, 1.807) is 7.11 Å². The van der Waals surface area contributed by atoms with Crippen LogP contribution < -0.4 is 14.5 Å². The fourth-order valence-corrected chi connectivity index (χ4v) is 3.39. The standard InChI is InChI=1S/C24H28N2O/c1-25(2)20-14-10-18(11-15-20)24(22-8-6-7-9-23(22)27-5)19-12-16-21(17-13-19)26(3)4/h6-17,24H,1-5H3. The molecule has 27 heavy (non-hydrogen) atoms. The van der Waals surface area contributed by atoms with Crippen molar-refractivity contribution in [3.63, 3.8) is 0 Å². The number of nitrogens with zero attached hydrogens (tertiary/aromatic N) is 2. The van der Waals surface area contributed by atoms with Gasteiger partial charge in [0.25, 0.3) is 0 Å². The fourth-order valence-electron chi connectivity index (χ4n) is 3.39. The Labute approximate surface area is 162 Å². The van der Waals surface area contributed by atoms with Gasteiger partial charge in [0.15, 0.2) is 0 Å². The summed E-state index contributed by atoms with van der Waals surface area (Å²) in [6, 6.07) is 25.8. The summed E-state index contributed by atoms with van der Waals surface area (Å²) in [5, 5.41) is 0. The number of methoxy groups -OCH3 is 1.